The molecule has 3 heteroatoms. The minimum atomic E-state index is 0.814. The van der Waals surface area contributed by atoms with Crippen LogP contribution in [0.25, 0.3) is 0 Å². The highest BCUT2D eigenvalue weighted by Crippen LogP contribution is 2.49. The van der Waals surface area contributed by atoms with Gasteiger partial charge in [-0.1, -0.05) is 6.42 Å². The van der Waals surface area contributed by atoms with Crippen molar-refractivity contribution in [1.29, 1.82) is 0 Å². The number of fused-ring (bicyclic) bond motifs is 2. The lowest BCUT2D eigenvalue weighted by Gasteiger charge is -2.24. The number of hydrogen-bond acceptors (Lipinski definition) is 3. The number of rotatable bonds is 9. The fourth-order valence-electron chi connectivity index (χ4n) is 3.80. The molecule has 0 spiro atoms. The first-order valence-corrected chi connectivity index (χ1v) is 7.67. The Kier molecular flexibility index (Phi) is 5.93. The zero-order valence-electron chi connectivity index (χ0n) is 12.2. The molecule has 0 aliphatic heterocycles. The second kappa shape index (κ2) is 7.46. The van der Waals surface area contributed by atoms with Gasteiger partial charge >= 0.3 is 0 Å². The third-order valence-electron chi connectivity index (χ3n) is 4.92. The monoisotopic (exact) mass is 254 g/mol. The van der Waals surface area contributed by atoms with Gasteiger partial charge in [0, 0.05) is 26.7 Å². The Balaban J connectivity index is 1.48. The van der Waals surface area contributed by atoms with Crippen LogP contribution in [0.15, 0.2) is 0 Å². The molecule has 3 atom stereocenters. The van der Waals surface area contributed by atoms with E-state index in [0.29, 0.717) is 0 Å². The van der Waals surface area contributed by atoms with E-state index in [9.17, 15) is 0 Å². The Bertz CT molecular complexity index is 235. The van der Waals surface area contributed by atoms with Gasteiger partial charge in [-0.2, -0.15) is 0 Å². The quantitative estimate of drug-likeness (QED) is 0.637. The molecular weight excluding hydrogens is 224 g/mol. The summed E-state index contributed by atoms with van der Waals surface area (Å²) in [4.78, 5) is 2.48. The van der Waals surface area contributed by atoms with Gasteiger partial charge < -0.3 is 15.0 Å². The van der Waals surface area contributed by atoms with Gasteiger partial charge in [0.1, 0.15) is 0 Å². The molecule has 0 saturated heterocycles. The van der Waals surface area contributed by atoms with Crippen molar-refractivity contribution >= 4 is 0 Å². The van der Waals surface area contributed by atoms with E-state index in [2.05, 4.69) is 17.3 Å². The minimum Gasteiger partial charge on any atom is -0.383 e. The number of ether oxygens (including phenoxy) is 1. The molecule has 18 heavy (non-hydrogen) atoms. The highest BCUT2D eigenvalue weighted by atomic mass is 16.5. The number of nitrogens with one attached hydrogen (secondary N) is 1. The molecule has 0 heterocycles. The Morgan fingerprint density at radius 3 is 2.72 bits per heavy atom. The van der Waals surface area contributed by atoms with Crippen molar-refractivity contribution in [2.45, 2.75) is 32.1 Å². The lowest BCUT2D eigenvalue weighted by Crippen LogP contribution is -2.32. The van der Waals surface area contributed by atoms with Gasteiger partial charge in [0.25, 0.3) is 0 Å². The average molecular weight is 254 g/mol. The normalized spacial score (nSPS) is 30.5. The van der Waals surface area contributed by atoms with Crippen molar-refractivity contribution in [3.05, 3.63) is 0 Å². The predicted octanol–water partition coefficient (Wildman–Crippen LogP) is 1.98. The van der Waals surface area contributed by atoms with E-state index in [4.69, 9.17) is 4.74 Å². The first-order valence-electron chi connectivity index (χ1n) is 7.67. The van der Waals surface area contributed by atoms with Crippen molar-refractivity contribution < 1.29 is 4.74 Å². The summed E-state index contributed by atoms with van der Waals surface area (Å²) in [5.41, 5.74) is 0. The van der Waals surface area contributed by atoms with Gasteiger partial charge in [-0.15, -0.1) is 0 Å². The molecule has 2 saturated carbocycles. The summed E-state index contributed by atoms with van der Waals surface area (Å²) in [6, 6.07) is 0. The summed E-state index contributed by atoms with van der Waals surface area (Å²) in [5, 5.41) is 3.41. The topological polar surface area (TPSA) is 24.5 Å². The largest absolute Gasteiger partial charge is 0.383 e. The summed E-state index contributed by atoms with van der Waals surface area (Å²) >= 11 is 0. The van der Waals surface area contributed by atoms with Gasteiger partial charge in [-0.25, -0.2) is 0 Å². The van der Waals surface area contributed by atoms with Crippen LogP contribution in [0.5, 0.6) is 0 Å². The molecule has 2 fully saturated rings. The van der Waals surface area contributed by atoms with Crippen LogP contribution in [0.2, 0.25) is 0 Å². The maximum atomic E-state index is 5.02. The fraction of sp³-hybridized carbons (Fsp3) is 1.00. The molecule has 2 aliphatic rings. The van der Waals surface area contributed by atoms with Crippen LogP contribution < -0.4 is 5.32 Å². The van der Waals surface area contributed by atoms with Crippen LogP contribution in [0.1, 0.15) is 32.1 Å². The van der Waals surface area contributed by atoms with Gasteiger partial charge in [-0.3, -0.25) is 0 Å². The second-order valence-corrected chi connectivity index (χ2v) is 6.27. The lowest BCUT2D eigenvalue weighted by atomic mass is 9.86. The molecule has 0 aromatic rings. The van der Waals surface area contributed by atoms with Crippen LogP contribution in [0, 0.1) is 17.8 Å². The van der Waals surface area contributed by atoms with Crippen LogP contribution in [0.3, 0.4) is 0 Å². The molecule has 2 bridgehead atoms. The van der Waals surface area contributed by atoms with Crippen LogP contribution >= 0.6 is 0 Å². The summed E-state index contributed by atoms with van der Waals surface area (Å²) in [5.74, 6) is 3.23. The first kappa shape index (κ1) is 14.3. The summed E-state index contributed by atoms with van der Waals surface area (Å²) in [6.45, 7) is 5.30. The van der Waals surface area contributed by atoms with E-state index in [1.165, 1.54) is 32.2 Å². The molecule has 0 radical (unpaired) electrons. The van der Waals surface area contributed by atoms with Crippen LogP contribution in [-0.2, 0) is 4.74 Å². The lowest BCUT2D eigenvalue weighted by molar-refractivity contribution is 0.197. The zero-order valence-corrected chi connectivity index (χ0v) is 12.2. The van der Waals surface area contributed by atoms with Crippen molar-refractivity contribution in [2.24, 2.45) is 17.8 Å². The van der Waals surface area contributed by atoms with E-state index in [-0.39, 0.29) is 0 Å². The Labute approximate surface area is 112 Å². The van der Waals surface area contributed by atoms with E-state index in [1.807, 2.05) is 0 Å². The average Bonchev–Trinajstić information content (AvgIpc) is 2.98. The minimum absolute atomic E-state index is 0.814. The molecule has 0 aromatic heterocycles. The first-order chi connectivity index (χ1) is 8.79. The number of methoxy groups -OCH3 is 1. The van der Waals surface area contributed by atoms with Crippen molar-refractivity contribution in [3.63, 3.8) is 0 Å². The highest BCUT2D eigenvalue weighted by Gasteiger charge is 2.38. The zero-order chi connectivity index (χ0) is 12.8. The molecule has 1 N–H and O–H groups in total. The third-order valence-corrected chi connectivity index (χ3v) is 4.92. The Morgan fingerprint density at radius 1 is 1.17 bits per heavy atom. The maximum absolute atomic E-state index is 5.02. The summed E-state index contributed by atoms with van der Waals surface area (Å²) in [7, 11) is 4.01. The molecule has 2 rings (SSSR count). The number of hydrogen-bond donors (Lipinski definition) is 1. The fourth-order valence-corrected chi connectivity index (χ4v) is 3.80. The van der Waals surface area contributed by atoms with Crippen LogP contribution in [0.4, 0.5) is 0 Å². The SMILES string of the molecule is COCCNCCN(C)CCC1CC2CCC1C2. The van der Waals surface area contributed by atoms with Crippen molar-refractivity contribution in [2.75, 3.05) is 46.9 Å². The standard InChI is InChI=1S/C15H30N2O/c1-17(9-6-16-7-10-18-2)8-5-15-12-13-3-4-14(15)11-13/h13-16H,3-12H2,1-2H3. The number of nitrogens with zero attached hydrogens (tertiary/aromatic N) is 1. The molecule has 2 aliphatic carbocycles. The van der Waals surface area contributed by atoms with E-state index >= 15 is 0 Å². The second-order valence-electron chi connectivity index (χ2n) is 6.27. The highest BCUT2D eigenvalue weighted by molar-refractivity contribution is 4.90. The molecule has 0 amide bonds. The van der Waals surface area contributed by atoms with Gasteiger partial charge in [0.05, 0.1) is 6.61 Å². The van der Waals surface area contributed by atoms with Gasteiger partial charge in [0.2, 0.25) is 0 Å². The van der Waals surface area contributed by atoms with E-state index < -0.39 is 0 Å². The van der Waals surface area contributed by atoms with Gasteiger partial charge in [0.15, 0.2) is 0 Å². The van der Waals surface area contributed by atoms with Crippen molar-refractivity contribution in [1.82, 2.24) is 10.2 Å². The number of likely N-dealkylation sites (N-methyl/N-ethyl adjacent to an activating group) is 1. The summed E-state index contributed by atoms with van der Waals surface area (Å²) < 4.78 is 5.02. The van der Waals surface area contributed by atoms with E-state index in [1.54, 1.807) is 13.5 Å². The smallest absolute Gasteiger partial charge is 0.0587 e. The molecule has 3 nitrogen and oxygen atoms in total. The summed E-state index contributed by atoms with van der Waals surface area (Å²) in [6.07, 6.45) is 7.56. The molecule has 106 valence electrons. The van der Waals surface area contributed by atoms with Crippen LogP contribution in [-0.4, -0.2) is 51.8 Å². The van der Waals surface area contributed by atoms with E-state index in [0.717, 1.165) is 44.0 Å². The maximum Gasteiger partial charge on any atom is 0.0587 e. The predicted molar refractivity (Wildman–Crippen MR) is 75.8 cm³/mol. The molecular formula is C15H30N2O. The van der Waals surface area contributed by atoms with Gasteiger partial charge in [-0.05, 0) is 57.0 Å². The van der Waals surface area contributed by atoms with Crippen molar-refractivity contribution in [3.8, 4) is 0 Å². The molecule has 0 aromatic carbocycles. The third kappa shape index (κ3) is 4.22. The molecule has 3 unspecified atom stereocenters. The Morgan fingerprint density at radius 2 is 2.06 bits per heavy atom. The Hall–Kier alpha value is -0.120.